The smallest absolute Gasteiger partial charge is 0.121 e. The maximum atomic E-state index is 5.25. The molecule has 1 N–H and O–H groups in total. The molecule has 3 heteroatoms. The number of hydrogen-bond acceptors (Lipinski definition) is 2. The summed E-state index contributed by atoms with van der Waals surface area (Å²) in [5.74, 6) is 0.928. The third-order valence-electron chi connectivity index (χ3n) is 3.13. The lowest BCUT2D eigenvalue weighted by atomic mass is 10.2. The van der Waals surface area contributed by atoms with Gasteiger partial charge in [0.2, 0.25) is 0 Å². The minimum Gasteiger partial charge on any atom is -0.496 e. The van der Waals surface area contributed by atoms with Gasteiger partial charge in [0.25, 0.3) is 0 Å². The van der Waals surface area contributed by atoms with Crippen LogP contribution in [-0.4, -0.2) is 11.7 Å². The van der Waals surface area contributed by atoms with E-state index in [1.165, 1.54) is 5.69 Å². The molecule has 1 aromatic heterocycles. The number of nitrogens with one attached hydrogen (secondary N) is 1. The summed E-state index contributed by atoms with van der Waals surface area (Å²) in [5.41, 5.74) is 3.57. The average Bonchev–Trinajstić information content (AvgIpc) is 2.84. The highest BCUT2D eigenvalue weighted by Crippen LogP contribution is 2.21. The molecule has 0 unspecified atom stereocenters. The molecule has 0 amide bonds. The Labute approximate surface area is 108 Å². The second-order valence-corrected chi connectivity index (χ2v) is 4.32. The predicted octanol–water partition coefficient (Wildman–Crippen LogP) is 3.44. The lowest BCUT2D eigenvalue weighted by Crippen LogP contribution is -2.06. The van der Waals surface area contributed by atoms with Crippen molar-refractivity contribution in [2.75, 3.05) is 12.4 Å². The molecule has 18 heavy (non-hydrogen) atoms. The minimum atomic E-state index is 0.840. The number of aryl methyl sites for hydroxylation is 2. The van der Waals surface area contributed by atoms with E-state index in [2.05, 4.69) is 48.1 Å². The van der Waals surface area contributed by atoms with E-state index in [4.69, 9.17) is 4.74 Å². The van der Waals surface area contributed by atoms with Gasteiger partial charge in [-0.3, -0.25) is 0 Å². The van der Waals surface area contributed by atoms with Crippen LogP contribution in [0.2, 0.25) is 0 Å². The first-order chi connectivity index (χ1) is 8.74. The fourth-order valence-corrected chi connectivity index (χ4v) is 2.10. The SMILES string of the molecule is CCn1cccc1CNc1ccc(OC)c(C)c1. The Morgan fingerprint density at radius 3 is 2.78 bits per heavy atom. The summed E-state index contributed by atoms with van der Waals surface area (Å²) in [6.45, 7) is 6.05. The number of rotatable bonds is 5. The number of methoxy groups -OCH3 is 1. The third-order valence-corrected chi connectivity index (χ3v) is 3.13. The van der Waals surface area contributed by atoms with E-state index in [-0.39, 0.29) is 0 Å². The van der Waals surface area contributed by atoms with Crippen LogP contribution in [0, 0.1) is 6.92 Å². The Bertz CT molecular complexity index is 517. The molecule has 3 nitrogen and oxygen atoms in total. The average molecular weight is 244 g/mol. The summed E-state index contributed by atoms with van der Waals surface area (Å²) in [7, 11) is 1.70. The fourth-order valence-electron chi connectivity index (χ4n) is 2.10. The molecular weight excluding hydrogens is 224 g/mol. The first-order valence-electron chi connectivity index (χ1n) is 6.27. The Morgan fingerprint density at radius 2 is 2.11 bits per heavy atom. The molecule has 0 spiro atoms. The molecule has 2 rings (SSSR count). The van der Waals surface area contributed by atoms with Crippen LogP contribution in [-0.2, 0) is 13.1 Å². The standard InChI is InChI=1S/C15H20N2O/c1-4-17-9-5-6-14(17)11-16-13-7-8-15(18-3)12(2)10-13/h5-10,16H,4,11H2,1-3H3. The van der Waals surface area contributed by atoms with Crippen molar-refractivity contribution in [1.29, 1.82) is 0 Å². The zero-order valence-electron chi connectivity index (χ0n) is 11.2. The zero-order chi connectivity index (χ0) is 13.0. The lowest BCUT2D eigenvalue weighted by molar-refractivity contribution is 0.412. The van der Waals surface area contributed by atoms with E-state index in [1.54, 1.807) is 7.11 Å². The van der Waals surface area contributed by atoms with Gasteiger partial charge in [-0.25, -0.2) is 0 Å². The van der Waals surface area contributed by atoms with Crippen LogP contribution in [0.1, 0.15) is 18.2 Å². The normalized spacial score (nSPS) is 10.4. The van der Waals surface area contributed by atoms with Crippen molar-refractivity contribution in [3.05, 3.63) is 47.8 Å². The van der Waals surface area contributed by atoms with Crippen molar-refractivity contribution in [3.63, 3.8) is 0 Å². The second kappa shape index (κ2) is 5.63. The van der Waals surface area contributed by atoms with Gasteiger partial charge in [-0.05, 0) is 49.7 Å². The third kappa shape index (κ3) is 2.67. The van der Waals surface area contributed by atoms with Crippen molar-refractivity contribution in [2.45, 2.75) is 26.9 Å². The van der Waals surface area contributed by atoms with E-state index in [1.807, 2.05) is 12.1 Å². The molecule has 0 atom stereocenters. The van der Waals surface area contributed by atoms with Gasteiger partial charge in [-0.2, -0.15) is 0 Å². The topological polar surface area (TPSA) is 26.2 Å². The van der Waals surface area contributed by atoms with Gasteiger partial charge in [-0.15, -0.1) is 0 Å². The first-order valence-corrected chi connectivity index (χ1v) is 6.27. The lowest BCUT2D eigenvalue weighted by Gasteiger charge is -2.11. The molecular formula is C15H20N2O. The predicted molar refractivity (Wildman–Crippen MR) is 75.2 cm³/mol. The Morgan fingerprint density at radius 1 is 1.28 bits per heavy atom. The number of aromatic nitrogens is 1. The molecule has 2 aromatic rings. The Kier molecular flexibility index (Phi) is 3.92. The number of ether oxygens (including phenoxy) is 1. The highest BCUT2D eigenvalue weighted by Gasteiger charge is 2.01. The van der Waals surface area contributed by atoms with E-state index < -0.39 is 0 Å². The summed E-state index contributed by atoms with van der Waals surface area (Å²) in [4.78, 5) is 0. The van der Waals surface area contributed by atoms with Crippen LogP contribution in [0.25, 0.3) is 0 Å². The summed E-state index contributed by atoms with van der Waals surface area (Å²) < 4.78 is 7.49. The maximum Gasteiger partial charge on any atom is 0.121 e. The zero-order valence-corrected chi connectivity index (χ0v) is 11.2. The van der Waals surface area contributed by atoms with Crippen LogP contribution in [0.5, 0.6) is 5.75 Å². The highest BCUT2D eigenvalue weighted by molar-refractivity contribution is 5.50. The van der Waals surface area contributed by atoms with Crippen molar-refractivity contribution < 1.29 is 4.74 Å². The maximum absolute atomic E-state index is 5.25. The molecule has 0 aliphatic rings. The van der Waals surface area contributed by atoms with Gasteiger partial charge < -0.3 is 14.6 Å². The molecule has 1 heterocycles. The van der Waals surface area contributed by atoms with Gasteiger partial charge in [0.1, 0.15) is 5.75 Å². The van der Waals surface area contributed by atoms with Crippen LogP contribution in [0.3, 0.4) is 0 Å². The number of anilines is 1. The largest absolute Gasteiger partial charge is 0.496 e. The van der Waals surface area contributed by atoms with E-state index in [0.717, 1.165) is 30.1 Å². The molecule has 0 saturated carbocycles. The minimum absolute atomic E-state index is 0.840. The molecule has 0 aliphatic carbocycles. The second-order valence-electron chi connectivity index (χ2n) is 4.32. The van der Waals surface area contributed by atoms with Crippen molar-refractivity contribution in [2.24, 2.45) is 0 Å². The monoisotopic (exact) mass is 244 g/mol. The molecule has 0 aliphatic heterocycles. The highest BCUT2D eigenvalue weighted by atomic mass is 16.5. The van der Waals surface area contributed by atoms with Crippen molar-refractivity contribution >= 4 is 5.69 Å². The van der Waals surface area contributed by atoms with Crippen molar-refractivity contribution in [3.8, 4) is 5.75 Å². The van der Waals surface area contributed by atoms with Gasteiger partial charge in [0.15, 0.2) is 0 Å². The number of nitrogens with zero attached hydrogens (tertiary/aromatic N) is 1. The van der Waals surface area contributed by atoms with Gasteiger partial charge in [-0.1, -0.05) is 0 Å². The van der Waals surface area contributed by atoms with Gasteiger partial charge in [0, 0.05) is 24.1 Å². The number of hydrogen-bond donors (Lipinski definition) is 1. The summed E-state index contributed by atoms with van der Waals surface area (Å²) in [5, 5.41) is 3.44. The quantitative estimate of drug-likeness (QED) is 0.872. The summed E-state index contributed by atoms with van der Waals surface area (Å²) in [6.07, 6.45) is 2.11. The van der Waals surface area contributed by atoms with Crippen LogP contribution < -0.4 is 10.1 Å². The molecule has 0 fully saturated rings. The molecule has 96 valence electrons. The van der Waals surface area contributed by atoms with E-state index in [9.17, 15) is 0 Å². The summed E-state index contributed by atoms with van der Waals surface area (Å²) >= 11 is 0. The molecule has 1 aromatic carbocycles. The van der Waals surface area contributed by atoms with Crippen LogP contribution in [0.15, 0.2) is 36.5 Å². The Hall–Kier alpha value is -1.90. The number of benzene rings is 1. The van der Waals surface area contributed by atoms with Crippen molar-refractivity contribution in [1.82, 2.24) is 4.57 Å². The summed E-state index contributed by atoms with van der Waals surface area (Å²) in [6, 6.07) is 10.4. The molecule has 0 saturated heterocycles. The molecule has 0 radical (unpaired) electrons. The molecule has 0 bridgehead atoms. The van der Waals surface area contributed by atoms with Gasteiger partial charge in [0.05, 0.1) is 13.7 Å². The fraction of sp³-hybridized carbons (Fsp3) is 0.333. The van der Waals surface area contributed by atoms with Gasteiger partial charge >= 0.3 is 0 Å². The van der Waals surface area contributed by atoms with Crippen LogP contribution >= 0.6 is 0 Å². The van der Waals surface area contributed by atoms with Crippen LogP contribution in [0.4, 0.5) is 5.69 Å². The first kappa shape index (κ1) is 12.6. The van der Waals surface area contributed by atoms with E-state index in [0.29, 0.717) is 0 Å². The Balaban J connectivity index is 2.04. The van der Waals surface area contributed by atoms with E-state index >= 15 is 0 Å².